The van der Waals surface area contributed by atoms with Gasteiger partial charge in [-0.2, -0.15) is 0 Å². The zero-order valence-electron chi connectivity index (χ0n) is 68.8. The van der Waals surface area contributed by atoms with E-state index in [4.69, 9.17) is 30.2 Å². The molecule has 0 atom stereocenters. The Labute approximate surface area is 459 Å². The molecule has 5 nitrogen and oxygen atoms in total. The molecule has 2 aliphatic rings. The topological polar surface area (TPSA) is 27.2 Å². The van der Waals surface area contributed by atoms with Crippen molar-refractivity contribution >= 4 is 102 Å². The van der Waals surface area contributed by atoms with Crippen LogP contribution in [0.25, 0.3) is 38.3 Å². The second-order valence-electron chi connectivity index (χ2n) is 18.1. The van der Waals surface area contributed by atoms with Crippen molar-refractivity contribution in [1.82, 2.24) is 0 Å². The number of para-hydroxylation sites is 3. The average Bonchev–Trinajstić information content (AvgIpc) is 1.66. The predicted octanol–water partition coefficient (Wildman–Crippen LogP) is 16.5. The van der Waals surface area contributed by atoms with E-state index in [2.05, 4.69) is 4.85 Å². The summed E-state index contributed by atoms with van der Waals surface area (Å²) >= 11 is 0.829. The number of fused-ring (bicyclic) bond motifs is 5. The highest BCUT2D eigenvalue weighted by Gasteiger charge is 2.46. The number of furan rings is 1. The summed E-state index contributed by atoms with van der Waals surface area (Å²) in [6.45, 7) is 15.8. The van der Waals surface area contributed by atoms with E-state index in [0.29, 0.717) is 4.90 Å². The van der Waals surface area contributed by atoms with Crippen LogP contribution in [-0.2, 0) is 10.8 Å². The van der Waals surface area contributed by atoms with Gasteiger partial charge in [0.1, 0.15) is 11.3 Å². The summed E-state index contributed by atoms with van der Waals surface area (Å²) in [4.78, 5) is 6.09. The van der Waals surface area contributed by atoms with Crippen LogP contribution in [0, 0.1) is 6.57 Å². The maximum atomic E-state index is 10.6. The number of hydrogen-bond donors (Lipinski definition) is 0. The molecule has 0 amide bonds. The Bertz CT molecular complexity index is 5320. The zero-order valence-corrected chi connectivity index (χ0v) is 38.7. The molecule has 4 heterocycles. The van der Waals surface area contributed by atoms with Gasteiger partial charge in [0.15, 0.2) is 5.69 Å². The van der Waals surface area contributed by atoms with E-state index < -0.39 is 289 Å². The number of hydrogen-bond acceptors (Lipinski definition) is 5. The van der Waals surface area contributed by atoms with Crippen molar-refractivity contribution in [3.8, 4) is 22.5 Å². The molecule has 0 spiro atoms. The fourth-order valence-electron chi connectivity index (χ4n) is 8.38. The van der Waals surface area contributed by atoms with Gasteiger partial charge in [-0.15, -0.1) is 11.3 Å². The monoisotopic (exact) mass is 954 g/mol. The Balaban J connectivity index is 1.42. The molecule has 2 aromatic heterocycles. The number of rotatable bonds is 7. The molecule has 0 saturated heterocycles. The van der Waals surface area contributed by atoms with E-state index in [1.165, 1.54) is 4.90 Å². The van der Waals surface area contributed by atoms with E-state index in [-0.39, 0.29) is 32.4 Å². The molecule has 0 aliphatic carbocycles. The maximum Gasteiger partial charge on any atom is 0.253 e. The first-order chi connectivity index (χ1) is 46.9. The fraction of sp³-hybridized carbons (Fsp3) is 0.127. The van der Waals surface area contributed by atoms with E-state index in [1.807, 2.05) is 0 Å². The predicted molar refractivity (Wildman–Crippen MR) is 297 cm³/mol. The molecule has 338 valence electrons. The minimum atomic E-state index is -1.80. The Morgan fingerprint density at radius 2 is 1.19 bits per heavy atom. The summed E-state index contributed by atoms with van der Waals surface area (Å²) in [5.74, 6) is -0.776. The van der Waals surface area contributed by atoms with E-state index in [1.54, 1.807) is 41.5 Å². The van der Waals surface area contributed by atoms with Gasteiger partial charge in [-0.3, -0.25) is 0 Å². The lowest BCUT2D eigenvalue weighted by Gasteiger charge is -2.44. The molecular formula is C63H51BN4OS. The van der Waals surface area contributed by atoms with Crippen molar-refractivity contribution in [2.75, 3.05) is 14.7 Å². The third-order valence-electron chi connectivity index (χ3n) is 11.5. The van der Waals surface area contributed by atoms with Crippen LogP contribution in [0.15, 0.2) is 204 Å². The van der Waals surface area contributed by atoms with Crippen LogP contribution in [0.5, 0.6) is 0 Å². The Kier molecular flexibility index (Phi) is 5.05. The average molecular weight is 954 g/mol. The van der Waals surface area contributed by atoms with Crippen LogP contribution >= 0.6 is 11.3 Å². The van der Waals surface area contributed by atoms with Gasteiger partial charge in [0.05, 0.1) is 62.7 Å². The van der Waals surface area contributed by atoms with Gasteiger partial charge in [0.2, 0.25) is 0 Å². The van der Waals surface area contributed by atoms with Gasteiger partial charge in [-0.25, -0.2) is 4.85 Å². The first-order valence-corrected chi connectivity index (χ1v) is 22.4. The maximum absolute atomic E-state index is 10.6. The molecule has 0 saturated carbocycles. The lowest BCUT2D eigenvalue weighted by Crippen LogP contribution is -2.61. The van der Waals surface area contributed by atoms with Crippen molar-refractivity contribution in [2.45, 2.75) is 52.4 Å². The third kappa shape index (κ3) is 7.30. The molecule has 0 radical (unpaired) electrons. The van der Waals surface area contributed by atoms with Crippen LogP contribution in [0.4, 0.5) is 56.2 Å². The molecule has 10 aromatic rings. The largest absolute Gasteiger partial charge is 0.456 e. The molecule has 70 heavy (non-hydrogen) atoms. The Morgan fingerprint density at radius 3 is 1.80 bits per heavy atom. The fourth-order valence-corrected chi connectivity index (χ4v) is 9.60. The summed E-state index contributed by atoms with van der Waals surface area (Å²) < 4.78 is 299. The summed E-state index contributed by atoms with van der Waals surface area (Å²) in [6, 6.07) is -26.4. The van der Waals surface area contributed by atoms with Crippen LogP contribution in [0.2, 0.25) is 0 Å². The van der Waals surface area contributed by atoms with Gasteiger partial charge in [0.25, 0.3) is 6.71 Å². The summed E-state index contributed by atoms with van der Waals surface area (Å²) in [7, 11) is 0. The molecule has 0 fully saturated rings. The lowest BCUT2D eigenvalue weighted by atomic mass is 9.34. The summed E-state index contributed by atoms with van der Waals surface area (Å²) in [5.41, 5.74) is -12.6. The molecule has 12 rings (SSSR count). The van der Waals surface area contributed by atoms with E-state index in [0.717, 1.165) is 28.4 Å². The minimum absolute atomic E-state index is 0.180. The number of anilines is 9. The molecule has 0 bridgehead atoms. The normalized spacial score (nSPS) is 19.1. The summed E-state index contributed by atoms with van der Waals surface area (Å²) in [5, 5.41) is -0.844. The van der Waals surface area contributed by atoms with Gasteiger partial charge in [-0.05, 0) is 117 Å². The van der Waals surface area contributed by atoms with Gasteiger partial charge in [0, 0.05) is 58.3 Å². The second kappa shape index (κ2) is 16.6. The molecule has 0 unspecified atom stereocenters. The quantitative estimate of drug-likeness (QED) is 0.117. The number of nitrogens with zero attached hydrogens (tertiary/aromatic N) is 4. The first-order valence-electron chi connectivity index (χ1n) is 37.0. The van der Waals surface area contributed by atoms with Crippen molar-refractivity contribution in [2.24, 2.45) is 0 Å². The minimum Gasteiger partial charge on any atom is -0.456 e. The van der Waals surface area contributed by atoms with Gasteiger partial charge >= 0.3 is 0 Å². The van der Waals surface area contributed by atoms with Gasteiger partial charge < -0.3 is 19.1 Å². The van der Waals surface area contributed by atoms with Gasteiger partial charge in [-0.1, -0.05) is 162 Å². The van der Waals surface area contributed by atoms with Crippen molar-refractivity contribution < 1.29 is 46.9 Å². The standard InChI is InChI=1S/C63H51BN4OS/c1-62(2,3)44-30-33-53(50(36-44)41-20-12-8-13-21-41)68-56-38-49(66(46-22-14-9-15-23-46)47-24-16-10-17-25-47)37-55-60(56)64(52-40-59(63(4,5)6)70-61(52)68)51-39-58-43(34-54(51)67(55)48-26-18-11-19-27-48)35-57(69-58)42-28-31-45(65-7)32-29-42/h8-40H,1-6H3/i8D,9D,10D,11D,12D,13D,14D,15D,16D,17D,18D,19D,20D,21D,22D,23D,24D,25D,26D,27D,28D,29D,30D,31D,32D,33D,34D,35D,36D,39D,40D. The highest BCUT2D eigenvalue weighted by molar-refractivity contribution is 7.20. The van der Waals surface area contributed by atoms with Crippen LogP contribution < -0.4 is 31.1 Å². The highest BCUT2D eigenvalue weighted by Crippen LogP contribution is 2.52. The first kappa shape index (κ1) is 21.3. The molecule has 0 N–H and O–H groups in total. The SMILES string of the molecule is [2H]c1c([2H])c([2H])c(-c2c([2H])c(C(C)(C)C)c([2H])c([2H])c2N2c3cc(N(c4c([2H])c([2H])c([2H])c([2H])c4[2H])c4c([2H])c([2H])c([2H])c([2H])c4[2H])cc4c3B(c3c2sc(C(C)(C)C)c3[2H])c2c(c([2H])c3c([2H])c(-c5c([2H])c([2H])c([N+]#[C-])c([2H])c5[2H])oc3c2[2H])N4c2c([2H])c([2H])c([2H])c([2H])c2[2H])c([2H])c1[2H]. The van der Waals surface area contributed by atoms with Crippen LogP contribution in [0.1, 0.15) is 94.5 Å². The number of benzene rings is 8. The van der Waals surface area contributed by atoms with Crippen LogP contribution in [0.3, 0.4) is 0 Å². The van der Waals surface area contributed by atoms with Crippen molar-refractivity contribution in [3.05, 3.63) is 221 Å². The smallest absolute Gasteiger partial charge is 0.253 e. The van der Waals surface area contributed by atoms with Crippen LogP contribution in [-0.4, -0.2) is 6.71 Å². The molecular weight excluding hydrogens is 872 g/mol. The Morgan fingerprint density at radius 1 is 0.571 bits per heavy atom. The lowest BCUT2D eigenvalue weighted by molar-refractivity contribution is 0.590. The molecule has 2 aliphatic heterocycles. The van der Waals surface area contributed by atoms with Crippen molar-refractivity contribution in [1.29, 1.82) is 0 Å². The summed E-state index contributed by atoms with van der Waals surface area (Å²) in [6.07, 6.45) is 0. The highest BCUT2D eigenvalue weighted by atomic mass is 32.1. The van der Waals surface area contributed by atoms with E-state index >= 15 is 0 Å². The molecule has 8 aromatic carbocycles. The Hall–Kier alpha value is -8.05. The number of thiophene rings is 1. The van der Waals surface area contributed by atoms with Crippen molar-refractivity contribution in [3.63, 3.8) is 0 Å². The second-order valence-corrected chi connectivity index (χ2v) is 19.1. The van der Waals surface area contributed by atoms with E-state index in [9.17, 15) is 23.3 Å². The molecule has 7 heteroatoms. The third-order valence-corrected chi connectivity index (χ3v) is 13.0. The zero-order chi connectivity index (χ0) is 74.9.